The third kappa shape index (κ3) is 1.76. The van der Waals surface area contributed by atoms with E-state index in [1.165, 1.54) is 0 Å². The topological polar surface area (TPSA) is 46.5 Å². The van der Waals surface area contributed by atoms with Gasteiger partial charge in [-0.05, 0) is 19.4 Å². The molecular formula is C19H18O3. The molecule has 1 aliphatic rings. The van der Waals surface area contributed by atoms with Gasteiger partial charge >= 0.3 is 5.97 Å². The predicted molar refractivity (Wildman–Crippen MR) is 84.1 cm³/mol. The molecule has 1 aliphatic carbocycles. The van der Waals surface area contributed by atoms with Crippen LogP contribution in [-0.4, -0.2) is 11.1 Å². The van der Waals surface area contributed by atoms with E-state index in [1.54, 1.807) is 13.8 Å². The third-order valence-corrected chi connectivity index (χ3v) is 4.29. The molecule has 2 atom stereocenters. The fourth-order valence-corrected chi connectivity index (χ4v) is 3.15. The number of aliphatic hydroxyl groups is 1. The minimum absolute atomic E-state index is 0.301. The second-order valence-electron chi connectivity index (χ2n) is 5.83. The van der Waals surface area contributed by atoms with Gasteiger partial charge in [-0.3, -0.25) is 0 Å². The molecule has 0 fully saturated rings. The van der Waals surface area contributed by atoms with Crippen LogP contribution in [0.5, 0.6) is 0 Å². The number of benzene rings is 2. The number of esters is 1. The largest absolute Gasteiger partial charge is 0.442 e. The molecule has 3 nitrogen and oxygen atoms in total. The minimum atomic E-state index is -1.30. The summed E-state index contributed by atoms with van der Waals surface area (Å²) in [4.78, 5) is 12.2. The van der Waals surface area contributed by atoms with Crippen molar-refractivity contribution in [3.8, 4) is 0 Å². The van der Waals surface area contributed by atoms with E-state index in [4.69, 9.17) is 4.74 Å². The van der Waals surface area contributed by atoms with Crippen molar-refractivity contribution in [1.82, 2.24) is 0 Å². The van der Waals surface area contributed by atoms with E-state index < -0.39 is 17.2 Å². The van der Waals surface area contributed by atoms with Gasteiger partial charge in [0.1, 0.15) is 5.60 Å². The van der Waals surface area contributed by atoms with Crippen molar-refractivity contribution in [2.24, 2.45) is 0 Å². The number of rotatable bonds is 3. The van der Waals surface area contributed by atoms with Crippen LogP contribution in [0.2, 0.25) is 0 Å². The number of ether oxygens (including phenoxy) is 1. The highest BCUT2D eigenvalue weighted by Gasteiger charge is 2.64. The molecule has 3 heteroatoms. The van der Waals surface area contributed by atoms with Crippen LogP contribution in [0.3, 0.4) is 0 Å². The van der Waals surface area contributed by atoms with E-state index in [-0.39, 0.29) is 0 Å². The van der Waals surface area contributed by atoms with Crippen molar-refractivity contribution in [2.75, 3.05) is 0 Å². The number of fused-ring (bicyclic) bond motifs is 1. The molecular weight excluding hydrogens is 276 g/mol. The smallest absolute Gasteiger partial charge is 0.334 e. The van der Waals surface area contributed by atoms with E-state index in [0.717, 1.165) is 16.7 Å². The van der Waals surface area contributed by atoms with Crippen LogP contribution < -0.4 is 0 Å². The molecule has 2 unspecified atom stereocenters. The van der Waals surface area contributed by atoms with Crippen LogP contribution in [0.15, 0.2) is 66.7 Å². The Balaban J connectivity index is 2.23. The van der Waals surface area contributed by atoms with Gasteiger partial charge in [0.25, 0.3) is 0 Å². The van der Waals surface area contributed by atoms with Gasteiger partial charge < -0.3 is 9.84 Å². The molecule has 0 heterocycles. The minimum Gasteiger partial charge on any atom is -0.442 e. The summed E-state index contributed by atoms with van der Waals surface area (Å²) in [6.07, 6.45) is 0. The molecule has 0 saturated carbocycles. The Morgan fingerprint density at radius 2 is 1.59 bits per heavy atom. The average molecular weight is 294 g/mol. The average Bonchev–Trinajstić information content (AvgIpc) is 2.52. The molecule has 2 aromatic carbocycles. The fourth-order valence-electron chi connectivity index (χ4n) is 3.15. The van der Waals surface area contributed by atoms with Gasteiger partial charge in [0.15, 0.2) is 5.60 Å². The fraction of sp³-hybridized carbons (Fsp3) is 0.211. The Labute approximate surface area is 129 Å². The Morgan fingerprint density at radius 3 is 2.18 bits per heavy atom. The summed E-state index contributed by atoms with van der Waals surface area (Å²) in [7, 11) is 0. The van der Waals surface area contributed by atoms with Crippen LogP contribution in [0.25, 0.3) is 0 Å². The first-order chi connectivity index (χ1) is 10.4. The van der Waals surface area contributed by atoms with E-state index in [9.17, 15) is 9.90 Å². The molecule has 3 rings (SSSR count). The maximum Gasteiger partial charge on any atom is 0.334 e. The molecule has 0 saturated heterocycles. The Bertz CT molecular complexity index is 746. The molecule has 1 N–H and O–H groups in total. The lowest BCUT2D eigenvalue weighted by Crippen LogP contribution is -2.60. The highest BCUT2D eigenvalue weighted by molar-refractivity contribution is 5.88. The van der Waals surface area contributed by atoms with Gasteiger partial charge in [-0.2, -0.15) is 0 Å². The summed E-state index contributed by atoms with van der Waals surface area (Å²) in [6.45, 7) is 6.91. The van der Waals surface area contributed by atoms with Crippen molar-refractivity contribution >= 4 is 5.97 Å². The predicted octanol–water partition coefficient (Wildman–Crippen LogP) is 3.27. The Hall–Kier alpha value is -2.39. The summed E-state index contributed by atoms with van der Waals surface area (Å²) in [5, 5.41) is 11.1. The Morgan fingerprint density at radius 1 is 1.05 bits per heavy atom. The molecule has 2 aromatic rings. The number of hydrogen-bond donors (Lipinski definition) is 1. The molecule has 112 valence electrons. The van der Waals surface area contributed by atoms with Gasteiger partial charge in [-0.25, -0.2) is 4.79 Å². The van der Waals surface area contributed by atoms with Crippen molar-refractivity contribution in [3.63, 3.8) is 0 Å². The zero-order chi connectivity index (χ0) is 16.0. The molecule has 0 spiro atoms. The van der Waals surface area contributed by atoms with Gasteiger partial charge in [0.05, 0.1) is 0 Å². The molecule has 0 radical (unpaired) electrons. The highest BCUT2D eigenvalue weighted by atomic mass is 16.6. The van der Waals surface area contributed by atoms with Gasteiger partial charge in [0, 0.05) is 16.7 Å². The number of carbonyl (C=O) groups excluding carboxylic acids is 1. The maximum absolute atomic E-state index is 12.2. The van der Waals surface area contributed by atoms with Crippen molar-refractivity contribution in [3.05, 3.63) is 83.4 Å². The third-order valence-electron chi connectivity index (χ3n) is 4.29. The number of carbonyl (C=O) groups is 1. The summed E-state index contributed by atoms with van der Waals surface area (Å²) in [5.74, 6) is -0.515. The van der Waals surface area contributed by atoms with E-state index in [2.05, 4.69) is 6.58 Å². The first-order valence-electron chi connectivity index (χ1n) is 7.18. The van der Waals surface area contributed by atoms with Crippen LogP contribution in [0, 0.1) is 0 Å². The van der Waals surface area contributed by atoms with E-state index in [1.807, 2.05) is 54.6 Å². The molecule has 0 aliphatic heterocycles. The summed E-state index contributed by atoms with van der Waals surface area (Å²) >= 11 is 0. The van der Waals surface area contributed by atoms with Gasteiger partial charge in [-0.15, -0.1) is 0 Å². The first-order valence-corrected chi connectivity index (χ1v) is 7.18. The molecule has 0 aromatic heterocycles. The van der Waals surface area contributed by atoms with Crippen LogP contribution >= 0.6 is 0 Å². The summed E-state index contributed by atoms with van der Waals surface area (Å²) in [6, 6.07) is 16.8. The van der Waals surface area contributed by atoms with Crippen LogP contribution in [-0.2, 0) is 20.7 Å². The molecule has 22 heavy (non-hydrogen) atoms. The van der Waals surface area contributed by atoms with Crippen molar-refractivity contribution in [2.45, 2.75) is 25.0 Å². The van der Waals surface area contributed by atoms with Crippen LogP contribution in [0.1, 0.15) is 30.5 Å². The standard InChI is InChI=1S/C19H18O3/c1-13(2)17(20)22-19(14-9-5-4-6-10-14)16-12-8-7-11-15(16)18(19,3)21/h4-12,21H,1H2,2-3H3. The highest BCUT2D eigenvalue weighted by Crippen LogP contribution is 2.58. The lowest BCUT2D eigenvalue weighted by molar-refractivity contribution is -0.199. The van der Waals surface area contributed by atoms with Gasteiger partial charge in [-0.1, -0.05) is 61.2 Å². The monoisotopic (exact) mass is 294 g/mol. The lowest BCUT2D eigenvalue weighted by atomic mass is 9.58. The van der Waals surface area contributed by atoms with Crippen LogP contribution in [0.4, 0.5) is 0 Å². The second kappa shape index (κ2) is 4.82. The number of hydrogen-bond acceptors (Lipinski definition) is 3. The van der Waals surface area contributed by atoms with E-state index >= 15 is 0 Å². The zero-order valence-electron chi connectivity index (χ0n) is 12.7. The molecule has 0 amide bonds. The second-order valence-corrected chi connectivity index (χ2v) is 5.83. The molecule has 0 bridgehead atoms. The maximum atomic E-state index is 12.2. The van der Waals surface area contributed by atoms with Crippen molar-refractivity contribution < 1.29 is 14.6 Å². The SMILES string of the molecule is C=C(C)C(=O)OC1(c2ccccc2)c2ccccc2C1(C)O. The van der Waals surface area contributed by atoms with Gasteiger partial charge in [0.2, 0.25) is 0 Å². The quantitative estimate of drug-likeness (QED) is 0.698. The zero-order valence-corrected chi connectivity index (χ0v) is 12.7. The normalized spacial score (nSPS) is 25.8. The Kier molecular flexibility index (Phi) is 3.18. The first kappa shape index (κ1) is 14.5. The van der Waals surface area contributed by atoms with E-state index in [0.29, 0.717) is 5.57 Å². The summed E-state index contributed by atoms with van der Waals surface area (Å²) in [5.41, 5.74) is 0.120. The van der Waals surface area contributed by atoms with Crippen molar-refractivity contribution in [1.29, 1.82) is 0 Å². The summed E-state index contributed by atoms with van der Waals surface area (Å²) < 4.78 is 5.77. The lowest BCUT2D eigenvalue weighted by Gasteiger charge is -2.54.